The molecule has 0 aliphatic carbocycles. The molecule has 4 aromatic heterocycles. The fourth-order valence-electron chi connectivity index (χ4n) is 4.97. The van der Waals surface area contributed by atoms with E-state index in [1.165, 1.54) is 42.1 Å². The Kier molecular flexibility index (Phi) is 6.25. The number of imidazole rings is 1. The monoisotopic (exact) mass is 574 g/mol. The molecule has 1 aliphatic heterocycles. The van der Waals surface area contributed by atoms with Gasteiger partial charge in [-0.2, -0.15) is 4.98 Å². The van der Waals surface area contributed by atoms with E-state index in [1.807, 2.05) is 0 Å². The number of halogens is 5. The third-order valence-electron chi connectivity index (χ3n) is 6.94. The van der Waals surface area contributed by atoms with Crippen LogP contribution in [0.4, 0.5) is 23.4 Å². The first kappa shape index (κ1) is 25.9. The van der Waals surface area contributed by atoms with Crippen LogP contribution in [0.1, 0.15) is 6.42 Å². The Bertz CT molecular complexity index is 1920. The lowest BCUT2D eigenvalue weighted by molar-refractivity contribution is 0.0880. The second-order valence-electron chi connectivity index (χ2n) is 9.26. The molecule has 206 valence electrons. The zero-order valence-corrected chi connectivity index (χ0v) is 21.4. The van der Waals surface area contributed by atoms with Crippen molar-refractivity contribution < 1.29 is 22.3 Å². The van der Waals surface area contributed by atoms with Crippen LogP contribution in [0.25, 0.3) is 28.1 Å². The van der Waals surface area contributed by atoms with Crippen molar-refractivity contribution in [2.45, 2.75) is 12.8 Å². The van der Waals surface area contributed by atoms with Crippen LogP contribution in [0.3, 0.4) is 0 Å². The van der Waals surface area contributed by atoms with Gasteiger partial charge in [0, 0.05) is 37.3 Å². The molecule has 6 rings (SSSR count). The van der Waals surface area contributed by atoms with E-state index in [1.54, 1.807) is 4.90 Å². The second kappa shape index (κ2) is 9.66. The maximum Gasteiger partial charge on any atom is 0.342 e. The number of hydrogen-bond acceptors (Lipinski definition) is 6. The van der Waals surface area contributed by atoms with Gasteiger partial charge in [-0.1, -0.05) is 11.6 Å². The zero-order valence-electron chi connectivity index (χ0n) is 20.7. The second-order valence-corrected chi connectivity index (χ2v) is 9.67. The minimum Gasteiger partial charge on any atom is -0.480 e. The van der Waals surface area contributed by atoms with E-state index in [4.69, 9.17) is 16.3 Å². The molecule has 0 saturated carbocycles. The van der Waals surface area contributed by atoms with Crippen molar-refractivity contribution in [2.24, 2.45) is 5.92 Å². The molecule has 1 aromatic carbocycles. The average molecular weight is 575 g/mol. The van der Waals surface area contributed by atoms with Crippen molar-refractivity contribution in [3.05, 3.63) is 86.3 Å². The summed E-state index contributed by atoms with van der Waals surface area (Å²) in [6.45, 7) is 0.292. The van der Waals surface area contributed by atoms with Gasteiger partial charge in [0.25, 0.3) is 5.56 Å². The third kappa shape index (κ3) is 4.08. The van der Waals surface area contributed by atoms with Crippen molar-refractivity contribution in [1.29, 1.82) is 0 Å². The van der Waals surface area contributed by atoms with E-state index >= 15 is 0 Å². The zero-order chi connectivity index (χ0) is 28.3. The number of ether oxygens (including phenoxy) is 1. The van der Waals surface area contributed by atoms with Crippen LogP contribution in [-0.4, -0.2) is 50.1 Å². The summed E-state index contributed by atoms with van der Waals surface area (Å²) in [4.78, 5) is 38.2. The van der Waals surface area contributed by atoms with Gasteiger partial charge in [-0.15, -0.1) is 0 Å². The molecular weight excluding hydrogens is 556 g/mol. The Morgan fingerprint density at radius 2 is 1.90 bits per heavy atom. The minimum absolute atomic E-state index is 0.000642. The van der Waals surface area contributed by atoms with Gasteiger partial charge in [0.1, 0.15) is 34.3 Å². The fraction of sp³-hybridized carbons (Fsp3) is 0.231. The van der Waals surface area contributed by atoms with E-state index in [0.29, 0.717) is 0 Å². The van der Waals surface area contributed by atoms with Gasteiger partial charge in [0.15, 0.2) is 0 Å². The minimum atomic E-state index is -2.52. The van der Waals surface area contributed by atoms with Crippen LogP contribution in [0, 0.1) is 17.6 Å². The highest BCUT2D eigenvalue weighted by Gasteiger charge is 2.32. The molecule has 14 heteroatoms. The largest absolute Gasteiger partial charge is 0.480 e. The van der Waals surface area contributed by atoms with Gasteiger partial charge < -0.3 is 9.64 Å². The number of nitrogens with zero attached hydrogens (tertiary/aromatic N) is 6. The fourth-order valence-corrected chi connectivity index (χ4v) is 5.14. The van der Waals surface area contributed by atoms with Gasteiger partial charge in [-0.25, -0.2) is 31.9 Å². The lowest BCUT2D eigenvalue weighted by Crippen LogP contribution is -2.39. The van der Waals surface area contributed by atoms with E-state index in [9.17, 15) is 27.2 Å². The van der Waals surface area contributed by atoms with Crippen LogP contribution in [-0.2, 0) is 0 Å². The van der Waals surface area contributed by atoms with Gasteiger partial charge >= 0.3 is 5.69 Å². The van der Waals surface area contributed by atoms with Crippen LogP contribution < -0.4 is 20.9 Å². The number of benzene rings is 1. The number of rotatable bonds is 5. The lowest BCUT2D eigenvalue weighted by atomic mass is 10.1. The smallest absolute Gasteiger partial charge is 0.342 e. The molecule has 0 amide bonds. The van der Waals surface area contributed by atoms with Crippen molar-refractivity contribution in [3.8, 4) is 17.4 Å². The summed E-state index contributed by atoms with van der Waals surface area (Å²) in [5.74, 6) is -2.10. The van der Waals surface area contributed by atoms with Crippen LogP contribution in [0.2, 0.25) is 5.02 Å². The first-order valence-corrected chi connectivity index (χ1v) is 12.4. The highest BCUT2D eigenvalue weighted by atomic mass is 35.5. The van der Waals surface area contributed by atoms with Gasteiger partial charge in [-0.05, 0) is 30.7 Å². The van der Waals surface area contributed by atoms with Crippen LogP contribution >= 0.6 is 11.6 Å². The summed E-state index contributed by atoms with van der Waals surface area (Å²) in [7, 11) is 1.28. The normalized spacial score (nSPS) is 15.6. The number of fused-ring (bicyclic) bond motifs is 2. The molecule has 0 bridgehead atoms. The summed E-state index contributed by atoms with van der Waals surface area (Å²) >= 11 is 6.05. The molecule has 0 spiro atoms. The predicted molar refractivity (Wildman–Crippen MR) is 139 cm³/mol. The summed E-state index contributed by atoms with van der Waals surface area (Å²) in [6.07, 6.45) is 0.261. The Balaban J connectivity index is 1.70. The van der Waals surface area contributed by atoms with Crippen molar-refractivity contribution >= 4 is 34.0 Å². The van der Waals surface area contributed by atoms with Gasteiger partial charge in [0.05, 0.1) is 29.5 Å². The molecule has 0 radical (unpaired) electrons. The molecule has 1 aliphatic rings. The van der Waals surface area contributed by atoms with E-state index in [0.717, 1.165) is 27.3 Å². The van der Waals surface area contributed by atoms with Crippen LogP contribution in [0.5, 0.6) is 5.88 Å². The summed E-state index contributed by atoms with van der Waals surface area (Å²) in [5, 5.41) is -0.394. The number of anilines is 1. The number of methoxy groups -OCH3 is 1. The lowest BCUT2D eigenvalue weighted by Gasteiger charge is -2.21. The number of aromatic nitrogens is 5. The van der Waals surface area contributed by atoms with Gasteiger partial charge in [0.2, 0.25) is 12.3 Å². The van der Waals surface area contributed by atoms with Gasteiger partial charge in [-0.3, -0.25) is 13.8 Å². The Morgan fingerprint density at radius 1 is 1.10 bits per heavy atom. The quantitative estimate of drug-likeness (QED) is 0.292. The Morgan fingerprint density at radius 3 is 2.60 bits per heavy atom. The Labute approximate surface area is 227 Å². The molecule has 9 nitrogen and oxygen atoms in total. The van der Waals surface area contributed by atoms with Crippen LogP contribution in [0.15, 0.2) is 58.4 Å². The highest BCUT2D eigenvalue weighted by Crippen LogP contribution is 2.32. The average Bonchev–Trinajstić information content (AvgIpc) is 3.58. The predicted octanol–water partition coefficient (Wildman–Crippen LogP) is 4.22. The molecule has 1 fully saturated rings. The maximum absolute atomic E-state index is 14.1. The molecule has 40 heavy (non-hydrogen) atoms. The maximum atomic E-state index is 14.1. The summed E-state index contributed by atoms with van der Waals surface area (Å²) < 4.78 is 63.4. The standard InChI is InChI=1S/C26H19ClF4N6O3/c1-40-24-22-18(10-20(33-24)34-6-4-13(12-34)23(30)31)36(15-2-3-17(29)16(27)9-15)26(39)37(25(22)38)21-11-32-19-8-14(28)5-7-35(19)21/h2-3,5,7-11,13,23H,4,6,12H2,1H3/t13-/m1/s1. The molecule has 0 N–H and O–H groups in total. The molecule has 1 atom stereocenters. The van der Waals surface area contributed by atoms with E-state index in [2.05, 4.69) is 9.97 Å². The third-order valence-corrected chi connectivity index (χ3v) is 7.23. The first-order chi connectivity index (χ1) is 19.2. The van der Waals surface area contributed by atoms with Crippen molar-refractivity contribution in [2.75, 3.05) is 25.1 Å². The molecule has 1 saturated heterocycles. The summed E-state index contributed by atoms with van der Waals surface area (Å²) in [5.41, 5.74) is -1.41. The first-order valence-electron chi connectivity index (χ1n) is 12.1. The Hall–Kier alpha value is -4.39. The molecular formula is C26H19ClF4N6O3. The highest BCUT2D eigenvalue weighted by molar-refractivity contribution is 6.30. The molecule has 5 heterocycles. The summed E-state index contributed by atoms with van der Waals surface area (Å²) in [6, 6.07) is 7.28. The molecule has 5 aromatic rings. The molecule has 0 unspecified atom stereocenters. The van der Waals surface area contributed by atoms with Crippen molar-refractivity contribution in [1.82, 2.24) is 23.5 Å². The van der Waals surface area contributed by atoms with E-state index < -0.39 is 35.2 Å². The van der Waals surface area contributed by atoms with Crippen molar-refractivity contribution in [3.63, 3.8) is 0 Å². The topological polar surface area (TPSA) is 86.7 Å². The number of alkyl halides is 2. The van der Waals surface area contributed by atoms with E-state index in [-0.39, 0.29) is 64.3 Å². The number of hydrogen-bond donors (Lipinski definition) is 0. The SMILES string of the molecule is COc1nc(N2CC[C@@H](C(F)F)C2)cc2c1c(=O)n(-c1cnc3cc(F)ccn13)c(=O)n2-c1ccc(F)c(Cl)c1. The number of pyridine rings is 2.